The molecule has 4 aromatic rings. The van der Waals surface area contributed by atoms with Gasteiger partial charge in [0.25, 0.3) is 5.91 Å². The van der Waals surface area contributed by atoms with Crippen LogP contribution in [0.2, 0.25) is 0 Å². The van der Waals surface area contributed by atoms with E-state index in [9.17, 15) is 18.0 Å². The number of aromatic nitrogens is 3. The number of amides is 1. The molecule has 1 aromatic carbocycles. The lowest BCUT2D eigenvalue weighted by Crippen LogP contribution is -2.46. The number of pyridine rings is 1. The molecule has 1 aliphatic rings. The standard InChI is InChI=1S/C26H25F3N6O2/c1-33-11-8-20(32-33)17-34-12-14-35(15-13-34)22-3-2-19(26(27,28)29)16-21(22)31-25(36)24-5-4-23(37-24)18-6-9-30-10-7-18/h2-11,16H,12-15,17H2,1H3,(H,31,36). The van der Waals surface area contributed by atoms with Crippen LogP contribution in [-0.4, -0.2) is 51.8 Å². The van der Waals surface area contributed by atoms with Gasteiger partial charge in [0, 0.05) is 63.9 Å². The molecule has 1 amide bonds. The quantitative estimate of drug-likeness (QED) is 0.406. The number of halogens is 3. The largest absolute Gasteiger partial charge is 0.451 e. The van der Waals surface area contributed by atoms with Gasteiger partial charge < -0.3 is 14.6 Å². The molecule has 8 nitrogen and oxygen atoms in total. The number of hydrogen-bond acceptors (Lipinski definition) is 6. The molecule has 0 saturated carbocycles. The molecule has 0 spiro atoms. The summed E-state index contributed by atoms with van der Waals surface area (Å²) in [7, 11) is 1.87. The smallest absolute Gasteiger partial charge is 0.416 e. The highest BCUT2D eigenvalue weighted by molar-refractivity contribution is 6.04. The van der Waals surface area contributed by atoms with E-state index in [1.807, 2.05) is 24.2 Å². The van der Waals surface area contributed by atoms with Crippen molar-refractivity contribution in [2.45, 2.75) is 12.7 Å². The second kappa shape index (κ2) is 10.1. The van der Waals surface area contributed by atoms with E-state index < -0.39 is 17.6 Å². The second-order valence-corrected chi connectivity index (χ2v) is 8.83. The Labute approximate surface area is 211 Å². The first-order chi connectivity index (χ1) is 17.8. The number of carbonyl (C=O) groups is 1. The summed E-state index contributed by atoms with van der Waals surface area (Å²) in [6.07, 6.45) is 0.547. The van der Waals surface area contributed by atoms with Crippen molar-refractivity contribution in [1.29, 1.82) is 0 Å². The van der Waals surface area contributed by atoms with Gasteiger partial charge >= 0.3 is 6.18 Å². The van der Waals surface area contributed by atoms with Crippen molar-refractivity contribution in [2.75, 3.05) is 36.4 Å². The van der Waals surface area contributed by atoms with E-state index in [-0.39, 0.29) is 11.4 Å². The van der Waals surface area contributed by atoms with Gasteiger partial charge in [0.15, 0.2) is 5.76 Å². The van der Waals surface area contributed by atoms with Crippen LogP contribution in [0.3, 0.4) is 0 Å². The summed E-state index contributed by atoms with van der Waals surface area (Å²) in [5, 5.41) is 7.05. The molecule has 5 rings (SSSR count). The summed E-state index contributed by atoms with van der Waals surface area (Å²) in [6.45, 7) is 3.29. The van der Waals surface area contributed by atoms with Crippen LogP contribution < -0.4 is 10.2 Å². The number of rotatable bonds is 6. The van der Waals surface area contributed by atoms with E-state index in [0.29, 0.717) is 44.2 Å². The van der Waals surface area contributed by atoms with E-state index in [4.69, 9.17) is 4.42 Å². The second-order valence-electron chi connectivity index (χ2n) is 8.83. The summed E-state index contributed by atoms with van der Waals surface area (Å²) in [4.78, 5) is 21.2. The van der Waals surface area contributed by atoms with Crippen LogP contribution in [0, 0.1) is 0 Å². The first-order valence-electron chi connectivity index (χ1n) is 11.7. The monoisotopic (exact) mass is 510 g/mol. The van der Waals surface area contributed by atoms with Crippen molar-refractivity contribution in [2.24, 2.45) is 7.05 Å². The lowest BCUT2D eigenvalue weighted by molar-refractivity contribution is -0.137. The van der Waals surface area contributed by atoms with E-state index in [1.54, 1.807) is 35.3 Å². The summed E-state index contributed by atoms with van der Waals surface area (Å²) in [5.74, 6) is -0.175. The Hall–Kier alpha value is -4.12. The highest BCUT2D eigenvalue weighted by Gasteiger charge is 2.32. The third-order valence-corrected chi connectivity index (χ3v) is 6.23. The minimum absolute atomic E-state index is 0.00430. The van der Waals surface area contributed by atoms with Crippen LogP contribution in [-0.2, 0) is 19.8 Å². The van der Waals surface area contributed by atoms with Crippen LogP contribution in [0.1, 0.15) is 21.8 Å². The summed E-state index contributed by atoms with van der Waals surface area (Å²) in [5.41, 5.74) is 1.47. The molecule has 1 N–H and O–H groups in total. The first-order valence-corrected chi connectivity index (χ1v) is 11.7. The number of benzene rings is 1. The predicted molar refractivity (Wildman–Crippen MR) is 132 cm³/mol. The van der Waals surface area contributed by atoms with Gasteiger partial charge in [0.1, 0.15) is 5.76 Å². The van der Waals surface area contributed by atoms with Crippen LogP contribution in [0.4, 0.5) is 24.5 Å². The van der Waals surface area contributed by atoms with E-state index in [0.717, 1.165) is 23.4 Å². The molecule has 1 aliphatic heterocycles. The number of nitrogens with one attached hydrogen (secondary N) is 1. The van der Waals surface area contributed by atoms with E-state index in [1.165, 1.54) is 12.1 Å². The van der Waals surface area contributed by atoms with Crippen LogP contribution in [0.5, 0.6) is 0 Å². The maximum absolute atomic E-state index is 13.5. The zero-order chi connectivity index (χ0) is 26.0. The van der Waals surface area contributed by atoms with Gasteiger partial charge in [-0.25, -0.2) is 0 Å². The Balaban J connectivity index is 1.33. The molecule has 0 atom stereocenters. The van der Waals surface area contributed by atoms with Gasteiger partial charge in [0.2, 0.25) is 0 Å². The van der Waals surface area contributed by atoms with Crippen molar-refractivity contribution < 1.29 is 22.4 Å². The number of piperazine rings is 1. The molecule has 4 heterocycles. The fraction of sp³-hybridized carbons (Fsp3) is 0.269. The average Bonchev–Trinajstić information content (AvgIpc) is 3.54. The first kappa shape index (κ1) is 24.6. The van der Waals surface area contributed by atoms with Gasteiger partial charge in [-0.3, -0.25) is 19.4 Å². The highest BCUT2D eigenvalue weighted by atomic mass is 19.4. The van der Waals surface area contributed by atoms with Crippen molar-refractivity contribution in [3.8, 4) is 11.3 Å². The van der Waals surface area contributed by atoms with Crippen molar-refractivity contribution in [3.05, 3.63) is 84.1 Å². The van der Waals surface area contributed by atoms with Gasteiger partial charge in [-0.2, -0.15) is 18.3 Å². The van der Waals surface area contributed by atoms with E-state index in [2.05, 4.69) is 20.3 Å². The Morgan fingerprint density at radius 3 is 2.46 bits per heavy atom. The van der Waals surface area contributed by atoms with E-state index >= 15 is 0 Å². The number of alkyl halides is 3. The highest BCUT2D eigenvalue weighted by Crippen LogP contribution is 2.36. The minimum Gasteiger partial charge on any atom is -0.451 e. The number of carbonyl (C=O) groups excluding carboxylic acids is 1. The molecule has 11 heteroatoms. The zero-order valence-corrected chi connectivity index (χ0v) is 20.1. The third kappa shape index (κ3) is 5.67. The molecule has 1 fully saturated rings. The maximum atomic E-state index is 13.5. The summed E-state index contributed by atoms with van der Waals surface area (Å²) >= 11 is 0. The molecule has 3 aromatic heterocycles. The molecule has 0 bridgehead atoms. The summed E-state index contributed by atoms with van der Waals surface area (Å²) in [6, 6.07) is 12.0. The number of aryl methyl sites for hydroxylation is 1. The molecule has 0 unspecified atom stereocenters. The minimum atomic E-state index is -4.54. The number of nitrogens with zero attached hydrogens (tertiary/aromatic N) is 5. The van der Waals surface area contributed by atoms with Crippen LogP contribution in [0.25, 0.3) is 11.3 Å². The van der Waals surface area contributed by atoms with Crippen molar-refractivity contribution in [1.82, 2.24) is 19.7 Å². The molecule has 37 heavy (non-hydrogen) atoms. The third-order valence-electron chi connectivity index (χ3n) is 6.23. The normalized spacial score (nSPS) is 14.6. The predicted octanol–water partition coefficient (Wildman–Crippen LogP) is 4.67. The number of anilines is 2. The Morgan fingerprint density at radius 2 is 1.78 bits per heavy atom. The molecular weight excluding hydrogens is 485 g/mol. The molecule has 192 valence electrons. The van der Waals surface area contributed by atoms with Crippen molar-refractivity contribution in [3.63, 3.8) is 0 Å². The van der Waals surface area contributed by atoms with Gasteiger partial charge in [-0.15, -0.1) is 0 Å². The Morgan fingerprint density at radius 1 is 1.03 bits per heavy atom. The molecule has 1 saturated heterocycles. The lowest BCUT2D eigenvalue weighted by atomic mass is 10.1. The Bertz CT molecular complexity index is 1370. The fourth-order valence-corrected chi connectivity index (χ4v) is 4.33. The molecule has 0 radical (unpaired) electrons. The fourth-order valence-electron chi connectivity index (χ4n) is 4.33. The zero-order valence-electron chi connectivity index (χ0n) is 20.1. The summed E-state index contributed by atoms with van der Waals surface area (Å²) < 4.78 is 47.9. The topological polar surface area (TPSA) is 79.4 Å². The van der Waals surface area contributed by atoms with Crippen molar-refractivity contribution >= 4 is 17.3 Å². The Kier molecular flexibility index (Phi) is 6.70. The van der Waals surface area contributed by atoms with Gasteiger partial charge in [0.05, 0.1) is 22.6 Å². The lowest BCUT2D eigenvalue weighted by Gasteiger charge is -2.36. The number of furan rings is 1. The number of hydrogen-bond donors (Lipinski definition) is 1. The average molecular weight is 511 g/mol. The van der Waals surface area contributed by atoms with Crippen LogP contribution in [0.15, 0.2) is 71.5 Å². The maximum Gasteiger partial charge on any atom is 0.416 e. The molecular formula is C26H25F3N6O2. The van der Waals surface area contributed by atoms with Crippen LogP contribution >= 0.6 is 0 Å². The van der Waals surface area contributed by atoms with Gasteiger partial charge in [-0.1, -0.05) is 0 Å². The SMILES string of the molecule is Cn1ccc(CN2CCN(c3ccc(C(F)(F)F)cc3NC(=O)c3ccc(-c4ccncc4)o3)CC2)n1. The molecule has 0 aliphatic carbocycles. The van der Waals surface area contributed by atoms with Gasteiger partial charge in [-0.05, 0) is 48.5 Å².